The Bertz CT molecular complexity index is 219. The smallest absolute Gasteiger partial charge is 0.323 e. The van der Waals surface area contributed by atoms with Gasteiger partial charge in [-0.1, -0.05) is 19.8 Å². The number of unbranched alkanes of at least 4 members (excludes halogenated alkanes) is 1. The van der Waals surface area contributed by atoms with Gasteiger partial charge >= 0.3 is 5.97 Å². The Balaban J connectivity index is 4.17. The molecule has 0 saturated carbocycles. The molecule has 0 fully saturated rings. The van der Waals surface area contributed by atoms with E-state index in [0.717, 1.165) is 12.8 Å². The molecule has 0 unspecified atom stereocenters. The number of carbonyl (C=O) groups excluding carboxylic acids is 1. The lowest BCUT2D eigenvalue weighted by molar-refractivity contribution is -0.144. The maximum Gasteiger partial charge on any atom is 0.323 e. The van der Waals surface area contributed by atoms with E-state index < -0.39 is 12.0 Å². The Labute approximate surface area is 90.2 Å². The van der Waals surface area contributed by atoms with Crippen molar-refractivity contribution in [1.29, 1.82) is 0 Å². The number of hydrogen-bond acceptors (Lipinski definition) is 3. The van der Waals surface area contributed by atoms with Crippen LogP contribution in [0.3, 0.4) is 0 Å². The minimum atomic E-state index is -1.01. The Kier molecular flexibility index (Phi) is 6.70. The largest absolute Gasteiger partial charge is 0.480 e. The lowest BCUT2D eigenvalue weighted by Crippen LogP contribution is -2.45. The predicted molar refractivity (Wildman–Crippen MR) is 57.4 cm³/mol. The standard InChI is InChI=1S/C10H20N2O3/c1-3-5-6-8(11)10(15)12(4-2)7-9(13)14/h8H,3-7,11H2,1-2H3,(H,13,14)/t8-/m0/s1. The Morgan fingerprint density at radius 3 is 2.40 bits per heavy atom. The molecule has 0 aromatic rings. The monoisotopic (exact) mass is 216 g/mol. The summed E-state index contributed by atoms with van der Waals surface area (Å²) in [5, 5.41) is 8.59. The molecule has 0 aliphatic carbocycles. The van der Waals surface area contributed by atoms with Gasteiger partial charge in [0.1, 0.15) is 6.54 Å². The molecule has 15 heavy (non-hydrogen) atoms. The molecule has 0 spiro atoms. The summed E-state index contributed by atoms with van der Waals surface area (Å²) in [6.07, 6.45) is 2.48. The molecule has 0 aliphatic rings. The number of likely N-dealkylation sites (N-methyl/N-ethyl adjacent to an activating group) is 1. The van der Waals surface area contributed by atoms with Crippen molar-refractivity contribution in [3.8, 4) is 0 Å². The zero-order valence-corrected chi connectivity index (χ0v) is 9.40. The van der Waals surface area contributed by atoms with Crippen molar-refractivity contribution in [1.82, 2.24) is 4.90 Å². The molecule has 5 heteroatoms. The van der Waals surface area contributed by atoms with Crippen LogP contribution in [0, 0.1) is 0 Å². The molecular formula is C10H20N2O3. The van der Waals surface area contributed by atoms with Gasteiger partial charge in [0, 0.05) is 6.54 Å². The van der Waals surface area contributed by atoms with E-state index in [9.17, 15) is 9.59 Å². The third kappa shape index (κ3) is 5.37. The number of carboxylic acids is 1. The quantitative estimate of drug-likeness (QED) is 0.646. The minimum absolute atomic E-state index is 0.269. The molecule has 5 nitrogen and oxygen atoms in total. The van der Waals surface area contributed by atoms with E-state index in [1.165, 1.54) is 4.90 Å². The third-order valence-corrected chi connectivity index (χ3v) is 2.21. The molecule has 0 saturated heterocycles. The van der Waals surface area contributed by atoms with Gasteiger partial charge < -0.3 is 15.7 Å². The second kappa shape index (κ2) is 7.23. The molecule has 88 valence electrons. The van der Waals surface area contributed by atoms with Crippen molar-refractivity contribution in [2.45, 2.75) is 39.2 Å². The van der Waals surface area contributed by atoms with Crippen LogP contribution in [0.15, 0.2) is 0 Å². The first-order valence-corrected chi connectivity index (χ1v) is 5.29. The molecule has 0 aliphatic heterocycles. The average Bonchev–Trinajstić information content (AvgIpc) is 2.21. The van der Waals surface area contributed by atoms with Crippen molar-refractivity contribution in [2.75, 3.05) is 13.1 Å². The number of rotatable bonds is 7. The molecular weight excluding hydrogens is 196 g/mol. The Morgan fingerprint density at radius 2 is 2.00 bits per heavy atom. The SMILES string of the molecule is CCCC[C@H](N)C(=O)N(CC)CC(=O)O. The molecule has 1 atom stereocenters. The molecule has 0 aromatic carbocycles. The second-order valence-electron chi connectivity index (χ2n) is 3.49. The molecule has 3 N–H and O–H groups in total. The van der Waals surface area contributed by atoms with Crippen LogP contribution in [0.25, 0.3) is 0 Å². The highest BCUT2D eigenvalue weighted by molar-refractivity contribution is 5.85. The number of nitrogens with two attached hydrogens (primary N) is 1. The van der Waals surface area contributed by atoms with Crippen LogP contribution < -0.4 is 5.73 Å². The highest BCUT2D eigenvalue weighted by atomic mass is 16.4. The summed E-state index contributed by atoms with van der Waals surface area (Å²) in [7, 11) is 0. The predicted octanol–water partition coefficient (Wildman–Crippen LogP) is 0.437. The maximum absolute atomic E-state index is 11.7. The van der Waals surface area contributed by atoms with Gasteiger partial charge in [-0.15, -0.1) is 0 Å². The zero-order valence-electron chi connectivity index (χ0n) is 9.40. The summed E-state index contributed by atoms with van der Waals surface area (Å²) in [6, 6.07) is -0.566. The normalized spacial score (nSPS) is 12.2. The molecule has 0 bridgehead atoms. The lowest BCUT2D eigenvalue weighted by atomic mass is 10.1. The minimum Gasteiger partial charge on any atom is -0.480 e. The lowest BCUT2D eigenvalue weighted by Gasteiger charge is -2.22. The van der Waals surface area contributed by atoms with E-state index in [1.54, 1.807) is 6.92 Å². The van der Waals surface area contributed by atoms with Crippen LogP contribution >= 0.6 is 0 Å². The number of carboxylic acid groups (broad SMARTS) is 1. The van der Waals surface area contributed by atoms with Crippen LogP contribution in [0.2, 0.25) is 0 Å². The molecule has 1 amide bonds. The summed E-state index contributed by atoms with van der Waals surface area (Å²) < 4.78 is 0. The fourth-order valence-corrected chi connectivity index (χ4v) is 1.29. The van der Waals surface area contributed by atoms with E-state index in [1.807, 2.05) is 6.92 Å². The number of aliphatic carboxylic acids is 1. The summed E-state index contributed by atoms with van der Waals surface area (Å²) in [5.41, 5.74) is 5.67. The first-order valence-electron chi connectivity index (χ1n) is 5.29. The first kappa shape index (κ1) is 13.9. The Morgan fingerprint density at radius 1 is 1.40 bits per heavy atom. The summed E-state index contributed by atoms with van der Waals surface area (Å²) in [6.45, 7) is 3.87. The number of hydrogen-bond donors (Lipinski definition) is 2. The molecule has 0 aromatic heterocycles. The van der Waals surface area contributed by atoms with Gasteiger partial charge in [0.05, 0.1) is 6.04 Å². The molecule has 0 rings (SSSR count). The second-order valence-corrected chi connectivity index (χ2v) is 3.49. The third-order valence-electron chi connectivity index (χ3n) is 2.21. The topological polar surface area (TPSA) is 83.6 Å². The van der Waals surface area contributed by atoms with Gasteiger partial charge in [-0.25, -0.2) is 0 Å². The first-order chi connectivity index (χ1) is 7.02. The fourth-order valence-electron chi connectivity index (χ4n) is 1.29. The fraction of sp³-hybridized carbons (Fsp3) is 0.800. The number of carbonyl (C=O) groups is 2. The highest BCUT2D eigenvalue weighted by Crippen LogP contribution is 2.02. The molecule has 0 heterocycles. The van der Waals surface area contributed by atoms with Crippen LogP contribution in [-0.2, 0) is 9.59 Å². The van der Waals surface area contributed by atoms with Crippen LogP contribution in [0.5, 0.6) is 0 Å². The summed E-state index contributed by atoms with van der Waals surface area (Å²) in [5.74, 6) is -1.28. The van der Waals surface area contributed by atoms with Gasteiger partial charge in [-0.2, -0.15) is 0 Å². The van der Waals surface area contributed by atoms with Crippen molar-refractivity contribution < 1.29 is 14.7 Å². The van der Waals surface area contributed by atoms with Gasteiger partial charge in [0.15, 0.2) is 0 Å². The van der Waals surface area contributed by atoms with Gasteiger partial charge in [-0.3, -0.25) is 9.59 Å². The van der Waals surface area contributed by atoms with Gasteiger partial charge in [-0.05, 0) is 13.3 Å². The van der Waals surface area contributed by atoms with Crippen molar-refractivity contribution in [3.63, 3.8) is 0 Å². The number of nitrogens with zero attached hydrogens (tertiary/aromatic N) is 1. The van der Waals surface area contributed by atoms with Crippen molar-refractivity contribution >= 4 is 11.9 Å². The van der Waals surface area contributed by atoms with Crippen LogP contribution in [0.4, 0.5) is 0 Å². The average molecular weight is 216 g/mol. The van der Waals surface area contributed by atoms with E-state index in [2.05, 4.69) is 0 Å². The van der Waals surface area contributed by atoms with Crippen molar-refractivity contribution in [2.24, 2.45) is 5.73 Å². The van der Waals surface area contributed by atoms with Crippen molar-refractivity contribution in [3.05, 3.63) is 0 Å². The van der Waals surface area contributed by atoms with Crippen LogP contribution in [0.1, 0.15) is 33.1 Å². The Hall–Kier alpha value is -1.10. The van der Waals surface area contributed by atoms with Gasteiger partial charge in [0.25, 0.3) is 0 Å². The van der Waals surface area contributed by atoms with E-state index >= 15 is 0 Å². The zero-order chi connectivity index (χ0) is 11.8. The number of amides is 1. The van der Waals surface area contributed by atoms with E-state index in [0.29, 0.717) is 13.0 Å². The summed E-state index contributed by atoms with van der Waals surface area (Å²) in [4.78, 5) is 23.4. The van der Waals surface area contributed by atoms with E-state index in [-0.39, 0.29) is 12.5 Å². The maximum atomic E-state index is 11.7. The van der Waals surface area contributed by atoms with Crippen LogP contribution in [-0.4, -0.2) is 41.0 Å². The highest BCUT2D eigenvalue weighted by Gasteiger charge is 2.20. The summed E-state index contributed by atoms with van der Waals surface area (Å²) >= 11 is 0. The van der Waals surface area contributed by atoms with E-state index in [4.69, 9.17) is 10.8 Å². The van der Waals surface area contributed by atoms with Gasteiger partial charge in [0.2, 0.25) is 5.91 Å². The molecule has 0 radical (unpaired) electrons.